The van der Waals surface area contributed by atoms with Gasteiger partial charge in [0.2, 0.25) is 0 Å². The van der Waals surface area contributed by atoms with E-state index in [1.54, 1.807) is 29.6 Å². The minimum absolute atomic E-state index is 0.0587. The van der Waals surface area contributed by atoms with E-state index in [0.717, 1.165) is 23.4 Å². The number of amides is 1. The highest BCUT2D eigenvalue weighted by Gasteiger charge is 2.29. The molecule has 1 saturated heterocycles. The Bertz CT molecular complexity index is 970. The summed E-state index contributed by atoms with van der Waals surface area (Å²) in [5.74, 6) is 0.813. The summed E-state index contributed by atoms with van der Waals surface area (Å²) in [4.78, 5) is 19.1. The van der Waals surface area contributed by atoms with Gasteiger partial charge in [0.15, 0.2) is 0 Å². The molecule has 1 atom stereocenters. The average molecular weight is 443 g/mol. The lowest BCUT2D eigenvalue weighted by Crippen LogP contribution is -2.40. The van der Waals surface area contributed by atoms with E-state index >= 15 is 0 Å². The van der Waals surface area contributed by atoms with Crippen LogP contribution in [0.1, 0.15) is 40.0 Å². The number of benzene rings is 2. The van der Waals surface area contributed by atoms with Crippen LogP contribution in [0, 0.1) is 5.92 Å². The Labute approximate surface area is 184 Å². The van der Waals surface area contributed by atoms with Crippen molar-refractivity contribution in [3.05, 3.63) is 81.3 Å². The standard InChI is InChI=1S/C23H23ClN2O3S/c24-18-6-8-19(9-7-18)29-14-21-25-20(15-30-21)23(28)26-12-10-17(11-13-26)22(27)16-4-2-1-3-5-16/h1-9,15,17,22,27H,10-14H2. The lowest BCUT2D eigenvalue weighted by Gasteiger charge is -2.34. The second kappa shape index (κ2) is 9.60. The van der Waals surface area contributed by atoms with Crippen molar-refractivity contribution < 1.29 is 14.6 Å². The van der Waals surface area contributed by atoms with Crippen molar-refractivity contribution in [3.63, 3.8) is 0 Å². The van der Waals surface area contributed by atoms with Crippen molar-refractivity contribution in [2.24, 2.45) is 5.92 Å². The predicted molar refractivity (Wildman–Crippen MR) is 118 cm³/mol. The third-order valence-electron chi connectivity index (χ3n) is 5.36. The number of likely N-dealkylation sites (tertiary alicyclic amines) is 1. The number of aliphatic hydroxyl groups excluding tert-OH is 1. The van der Waals surface area contributed by atoms with Crippen LogP contribution in [0.4, 0.5) is 0 Å². The fourth-order valence-electron chi connectivity index (χ4n) is 3.65. The van der Waals surface area contributed by atoms with E-state index in [1.807, 2.05) is 35.2 Å². The van der Waals surface area contributed by atoms with Gasteiger partial charge in [-0.2, -0.15) is 0 Å². The quantitative estimate of drug-likeness (QED) is 0.586. The van der Waals surface area contributed by atoms with Gasteiger partial charge in [-0.05, 0) is 48.6 Å². The number of hydrogen-bond acceptors (Lipinski definition) is 5. The number of carbonyl (C=O) groups excluding carboxylic acids is 1. The number of ether oxygens (including phenoxy) is 1. The Morgan fingerprint density at radius 3 is 2.57 bits per heavy atom. The minimum Gasteiger partial charge on any atom is -0.486 e. The highest BCUT2D eigenvalue weighted by molar-refractivity contribution is 7.09. The molecule has 2 aromatic carbocycles. The van der Waals surface area contributed by atoms with Gasteiger partial charge in [0.25, 0.3) is 5.91 Å². The van der Waals surface area contributed by atoms with E-state index in [-0.39, 0.29) is 11.8 Å². The zero-order valence-corrected chi connectivity index (χ0v) is 18.0. The van der Waals surface area contributed by atoms with Gasteiger partial charge in [0.05, 0.1) is 6.10 Å². The molecule has 30 heavy (non-hydrogen) atoms. The van der Waals surface area contributed by atoms with Gasteiger partial charge in [-0.1, -0.05) is 41.9 Å². The molecule has 7 heteroatoms. The number of aromatic nitrogens is 1. The smallest absolute Gasteiger partial charge is 0.273 e. The molecule has 3 aromatic rings. The van der Waals surface area contributed by atoms with Gasteiger partial charge < -0.3 is 14.7 Å². The van der Waals surface area contributed by atoms with Crippen molar-refractivity contribution in [2.45, 2.75) is 25.6 Å². The van der Waals surface area contributed by atoms with E-state index in [9.17, 15) is 9.90 Å². The summed E-state index contributed by atoms with van der Waals surface area (Å²) in [6, 6.07) is 16.9. The van der Waals surface area contributed by atoms with Gasteiger partial charge in [0.1, 0.15) is 23.1 Å². The van der Waals surface area contributed by atoms with Crippen LogP contribution >= 0.6 is 22.9 Å². The maximum absolute atomic E-state index is 12.8. The maximum Gasteiger partial charge on any atom is 0.273 e. The molecule has 0 aliphatic carbocycles. The lowest BCUT2D eigenvalue weighted by molar-refractivity contribution is 0.0459. The second-order valence-corrected chi connectivity index (χ2v) is 8.73. The van der Waals surface area contributed by atoms with Crippen molar-refractivity contribution in [1.82, 2.24) is 9.88 Å². The maximum atomic E-state index is 12.8. The van der Waals surface area contributed by atoms with Gasteiger partial charge in [-0.3, -0.25) is 4.79 Å². The minimum atomic E-state index is -0.487. The summed E-state index contributed by atoms with van der Waals surface area (Å²) in [5.41, 5.74) is 1.39. The number of hydrogen-bond donors (Lipinski definition) is 1. The lowest BCUT2D eigenvalue weighted by atomic mass is 9.87. The van der Waals surface area contributed by atoms with Crippen LogP contribution in [0.15, 0.2) is 60.0 Å². The van der Waals surface area contributed by atoms with E-state index in [1.165, 1.54) is 11.3 Å². The molecule has 1 fully saturated rings. The van der Waals surface area contributed by atoms with Gasteiger partial charge in [-0.15, -0.1) is 11.3 Å². The van der Waals surface area contributed by atoms with E-state index in [4.69, 9.17) is 16.3 Å². The first-order valence-corrected chi connectivity index (χ1v) is 11.2. The van der Waals surface area contributed by atoms with Crippen LogP contribution in [-0.2, 0) is 6.61 Å². The summed E-state index contributed by atoms with van der Waals surface area (Å²) in [6.07, 6.45) is 1.07. The summed E-state index contributed by atoms with van der Waals surface area (Å²) in [5, 5.41) is 13.8. The molecule has 1 aliphatic heterocycles. The van der Waals surface area contributed by atoms with Gasteiger partial charge in [-0.25, -0.2) is 4.98 Å². The first-order valence-electron chi connectivity index (χ1n) is 9.95. The molecule has 1 amide bonds. The summed E-state index contributed by atoms with van der Waals surface area (Å²) in [6.45, 7) is 1.56. The number of carbonyl (C=O) groups is 1. The van der Waals surface area contributed by atoms with Crippen LogP contribution in [0.3, 0.4) is 0 Å². The Morgan fingerprint density at radius 1 is 1.17 bits per heavy atom. The van der Waals surface area contributed by atoms with Crippen LogP contribution in [0.2, 0.25) is 5.02 Å². The van der Waals surface area contributed by atoms with Crippen LogP contribution in [-0.4, -0.2) is 34.0 Å². The van der Waals surface area contributed by atoms with Crippen LogP contribution < -0.4 is 4.74 Å². The van der Waals surface area contributed by atoms with E-state index < -0.39 is 6.10 Å². The summed E-state index contributed by atoms with van der Waals surface area (Å²) >= 11 is 7.29. The zero-order chi connectivity index (χ0) is 20.9. The molecule has 5 nitrogen and oxygen atoms in total. The van der Waals surface area contributed by atoms with Crippen molar-refractivity contribution in [3.8, 4) is 5.75 Å². The molecular weight excluding hydrogens is 420 g/mol. The molecule has 2 heterocycles. The molecule has 0 saturated carbocycles. The molecule has 0 bridgehead atoms. The molecule has 1 aromatic heterocycles. The van der Waals surface area contributed by atoms with Crippen molar-refractivity contribution >= 4 is 28.8 Å². The summed E-state index contributed by atoms with van der Waals surface area (Å²) < 4.78 is 5.70. The number of rotatable bonds is 6. The molecule has 0 radical (unpaired) electrons. The fourth-order valence-corrected chi connectivity index (χ4v) is 4.46. The van der Waals surface area contributed by atoms with Crippen LogP contribution in [0.25, 0.3) is 0 Å². The van der Waals surface area contributed by atoms with E-state index in [0.29, 0.717) is 36.2 Å². The Balaban J connectivity index is 1.29. The number of piperidine rings is 1. The monoisotopic (exact) mass is 442 g/mol. The third kappa shape index (κ3) is 5.01. The molecule has 156 valence electrons. The number of nitrogens with zero attached hydrogens (tertiary/aromatic N) is 2. The van der Waals surface area contributed by atoms with Gasteiger partial charge in [0, 0.05) is 23.5 Å². The highest BCUT2D eigenvalue weighted by atomic mass is 35.5. The Hall–Kier alpha value is -2.41. The summed E-state index contributed by atoms with van der Waals surface area (Å²) in [7, 11) is 0. The molecule has 0 spiro atoms. The molecule has 1 unspecified atom stereocenters. The first-order chi connectivity index (χ1) is 14.6. The Kier molecular flexibility index (Phi) is 6.67. The van der Waals surface area contributed by atoms with E-state index in [2.05, 4.69) is 4.98 Å². The predicted octanol–water partition coefficient (Wildman–Crippen LogP) is 4.96. The third-order valence-corrected chi connectivity index (χ3v) is 6.44. The topological polar surface area (TPSA) is 62.7 Å². The fraction of sp³-hybridized carbons (Fsp3) is 0.304. The first kappa shape index (κ1) is 20.8. The molecule has 1 N–H and O–H groups in total. The number of halogens is 1. The van der Waals surface area contributed by atoms with Gasteiger partial charge >= 0.3 is 0 Å². The number of aliphatic hydroxyl groups is 1. The van der Waals surface area contributed by atoms with Crippen molar-refractivity contribution in [1.29, 1.82) is 0 Å². The normalized spacial score (nSPS) is 15.7. The largest absolute Gasteiger partial charge is 0.486 e. The highest BCUT2D eigenvalue weighted by Crippen LogP contribution is 2.31. The van der Waals surface area contributed by atoms with Crippen molar-refractivity contribution in [2.75, 3.05) is 13.1 Å². The average Bonchev–Trinajstić information content (AvgIpc) is 3.27. The van der Waals surface area contributed by atoms with Crippen LogP contribution in [0.5, 0.6) is 5.75 Å². The zero-order valence-electron chi connectivity index (χ0n) is 16.4. The Morgan fingerprint density at radius 2 is 1.87 bits per heavy atom. The molecule has 4 rings (SSSR count). The molecular formula is C23H23ClN2O3S. The molecule has 1 aliphatic rings. The second-order valence-electron chi connectivity index (χ2n) is 7.35. The SMILES string of the molecule is O=C(c1csc(COc2ccc(Cl)cc2)n1)N1CCC(C(O)c2ccccc2)CC1. The number of thiazole rings is 1.